The van der Waals surface area contributed by atoms with Gasteiger partial charge >= 0.3 is 18.2 Å². The molecule has 1 saturated carbocycles. The topological polar surface area (TPSA) is 111 Å². The molecule has 1 N–H and O–H groups in total. The van der Waals surface area contributed by atoms with Crippen LogP contribution >= 0.6 is 0 Å². The van der Waals surface area contributed by atoms with Crippen LogP contribution in [0.25, 0.3) is 5.69 Å². The van der Waals surface area contributed by atoms with E-state index in [2.05, 4.69) is 4.98 Å². The van der Waals surface area contributed by atoms with Crippen molar-refractivity contribution >= 4 is 18.2 Å². The molecule has 0 aliphatic heterocycles. The Balaban J connectivity index is 1.70. The molecule has 1 heterocycles. The van der Waals surface area contributed by atoms with Crippen LogP contribution in [-0.4, -0.2) is 55.5 Å². The number of aromatic nitrogens is 2. The summed E-state index contributed by atoms with van der Waals surface area (Å²) in [7, 11) is 0. The summed E-state index contributed by atoms with van der Waals surface area (Å²) in [6, 6.07) is 7.82. The quantitative estimate of drug-likeness (QED) is 0.537. The van der Waals surface area contributed by atoms with Crippen molar-refractivity contribution in [1.82, 2.24) is 14.5 Å². The second-order valence-corrected chi connectivity index (χ2v) is 11.4. The zero-order chi connectivity index (χ0) is 26.9. The highest BCUT2D eigenvalue weighted by atomic mass is 16.6. The summed E-state index contributed by atoms with van der Waals surface area (Å²) >= 11 is 0. The van der Waals surface area contributed by atoms with Crippen molar-refractivity contribution in [3.8, 4) is 5.69 Å². The van der Waals surface area contributed by atoms with E-state index in [1.807, 2.05) is 35.8 Å². The van der Waals surface area contributed by atoms with Gasteiger partial charge in [-0.2, -0.15) is 0 Å². The second-order valence-electron chi connectivity index (χ2n) is 11.4. The zero-order valence-electron chi connectivity index (χ0n) is 22.2. The molecule has 2 amide bonds. The van der Waals surface area contributed by atoms with E-state index < -0.39 is 34.8 Å². The van der Waals surface area contributed by atoms with Crippen molar-refractivity contribution in [1.29, 1.82) is 0 Å². The largest absolute Gasteiger partial charge is 0.481 e. The standard InChI is InChI=1S/C27H37N3O6/c1-18-11-8-9-13-20(18)29-16-21(28-17-29)27(22(31)32)15-19(27)12-10-14-30(23(33)35-25(2,3)4)24(34)36-26(5,6)7/h8-9,11,13,16-17,19H,10,12,14-15H2,1-7H3,(H,31,32)/t19-,27+/m0/s1. The maximum Gasteiger partial charge on any atom is 0.419 e. The Morgan fingerprint density at radius 2 is 1.67 bits per heavy atom. The number of carboxylic acids is 1. The fraction of sp³-hybridized carbons (Fsp3) is 0.556. The number of carbonyl (C=O) groups is 3. The third-order valence-corrected chi connectivity index (χ3v) is 6.08. The highest BCUT2D eigenvalue weighted by Crippen LogP contribution is 2.56. The maximum absolute atomic E-state index is 12.7. The normalized spacial score (nSPS) is 19.5. The van der Waals surface area contributed by atoms with Crippen LogP contribution in [-0.2, 0) is 19.7 Å². The Morgan fingerprint density at radius 1 is 1.08 bits per heavy atom. The third kappa shape index (κ3) is 6.25. The minimum Gasteiger partial charge on any atom is -0.481 e. The summed E-state index contributed by atoms with van der Waals surface area (Å²) in [5.74, 6) is -1.08. The molecule has 1 fully saturated rings. The number of benzene rings is 1. The van der Waals surface area contributed by atoms with Gasteiger partial charge in [0.05, 0.1) is 12.0 Å². The minimum absolute atomic E-state index is 0.0632. The molecule has 1 aliphatic carbocycles. The SMILES string of the molecule is Cc1ccccc1-n1cnc([C@@]2(C(=O)O)C[C@@H]2CCCN(C(=O)OC(C)(C)C)C(=O)OC(C)(C)C)c1. The molecule has 196 valence electrons. The number of para-hydroxylation sites is 1. The first kappa shape index (κ1) is 27.2. The molecule has 0 spiro atoms. The van der Waals surface area contributed by atoms with Gasteiger partial charge in [0.1, 0.15) is 16.6 Å². The van der Waals surface area contributed by atoms with Crippen molar-refractivity contribution in [3.05, 3.63) is 48.0 Å². The Kier molecular flexibility index (Phi) is 7.53. The number of aliphatic carboxylic acids is 1. The lowest BCUT2D eigenvalue weighted by Gasteiger charge is -2.28. The molecule has 0 radical (unpaired) electrons. The molecule has 0 saturated heterocycles. The number of ether oxygens (including phenoxy) is 2. The highest BCUT2D eigenvalue weighted by Gasteiger charge is 2.62. The van der Waals surface area contributed by atoms with Gasteiger partial charge in [-0.15, -0.1) is 0 Å². The average molecular weight is 500 g/mol. The summed E-state index contributed by atoms with van der Waals surface area (Å²) in [6.07, 6.45) is 3.23. The van der Waals surface area contributed by atoms with Gasteiger partial charge in [-0.05, 0) is 85.3 Å². The second kappa shape index (κ2) is 9.95. The third-order valence-electron chi connectivity index (χ3n) is 6.08. The lowest BCUT2D eigenvalue weighted by Crippen LogP contribution is -2.44. The van der Waals surface area contributed by atoms with Crippen molar-refractivity contribution in [2.24, 2.45) is 5.92 Å². The highest BCUT2D eigenvalue weighted by molar-refractivity contribution is 5.88. The van der Waals surface area contributed by atoms with Crippen molar-refractivity contribution < 1.29 is 29.0 Å². The van der Waals surface area contributed by atoms with Gasteiger partial charge < -0.3 is 19.1 Å². The van der Waals surface area contributed by atoms with E-state index in [-0.39, 0.29) is 12.5 Å². The van der Waals surface area contributed by atoms with Crippen LogP contribution in [0.5, 0.6) is 0 Å². The van der Waals surface area contributed by atoms with Crippen LogP contribution in [0.3, 0.4) is 0 Å². The fourth-order valence-electron chi connectivity index (χ4n) is 4.29. The van der Waals surface area contributed by atoms with Gasteiger partial charge in [-0.3, -0.25) is 4.79 Å². The maximum atomic E-state index is 12.7. The van der Waals surface area contributed by atoms with Crippen LogP contribution in [0.15, 0.2) is 36.8 Å². The van der Waals surface area contributed by atoms with E-state index in [0.717, 1.165) is 16.2 Å². The van der Waals surface area contributed by atoms with Gasteiger partial charge in [0.25, 0.3) is 0 Å². The van der Waals surface area contributed by atoms with Gasteiger partial charge in [0, 0.05) is 18.4 Å². The van der Waals surface area contributed by atoms with E-state index in [4.69, 9.17) is 9.47 Å². The molecule has 3 rings (SSSR count). The monoisotopic (exact) mass is 499 g/mol. The molecule has 9 heteroatoms. The Morgan fingerprint density at radius 3 is 2.19 bits per heavy atom. The summed E-state index contributed by atoms with van der Waals surface area (Å²) < 4.78 is 12.6. The van der Waals surface area contributed by atoms with Gasteiger partial charge in [0.2, 0.25) is 0 Å². The Bertz CT molecular complexity index is 1100. The van der Waals surface area contributed by atoms with Gasteiger partial charge in [-0.1, -0.05) is 18.2 Å². The summed E-state index contributed by atoms with van der Waals surface area (Å²) in [5.41, 5.74) is -0.109. The number of rotatable bonds is 7. The molecular formula is C27H37N3O6. The number of hydrogen-bond acceptors (Lipinski definition) is 6. The molecule has 0 bridgehead atoms. The van der Waals surface area contributed by atoms with Crippen LogP contribution < -0.4 is 0 Å². The molecule has 0 unspecified atom stereocenters. The number of hydrogen-bond donors (Lipinski definition) is 1. The lowest BCUT2D eigenvalue weighted by atomic mass is 9.97. The number of nitrogens with zero attached hydrogens (tertiary/aromatic N) is 3. The van der Waals surface area contributed by atoms with E-state index in [1.54, 1.807) is 54.1 Å². The lowest BCUT2D eigenvalue weighted by molar-refractivity contribution is -0.140. The number of amides is 2. The molecule has 1 aromatic heterocycles. The Hall–Kier alpha value is -3.36. The predicted octanol–water partition coefficient (Wildman–Crippen LogP) is 5.48. The van der Waals surface area contributed by atoms with Crippen molar-refractivity contribution in [3.63, 3.8) is 0 Å². The number of imidazole rings is 1. The zero-order valence-corrected chi connectivity index (χ0v) is 22.2. The van der Waals surface area contributed by atoms with E-state index in [0.29, 0.717) is 25.0 Å². The van der Waals surface area contributed by atoms with Crippen LogP contribution in [0.1, 0.15) is 72.1 Å². The smallest absolute Gasteiger partial charge is 0.419 e. The molecular weight excluding hydrogens is 462 g/mol. The number of imide groups is 1. The fourth-order valence-corrected chi connectivity index (χ4v) is 4.29. The van der Waals surface area contributed by atoms with E-state index >= 15 is 0 Å². The average Bonchev–Trinajstić information content (AvgIpc) is 3.26. The molecule has 1 aromatic carbocycles. The molecule has 36 heavy (non-hydrogen) atoms. The van der Waals surface area contributed by atoms with Crippen molar-refractivity contribution in [2.75, 3.05) is 6.54 Å². The van der Waals surface area contributed by atoms with E-state index in [1.165, 1.54) is 0 Å². The summed E-state index contributed by atoms with van der Waals surface area (Å²) in [4.78, 5) is 43.1. The molecule has 1 aliphatic rings. The number of aryl methyl sites for hydroxylation is 1. The summed E-state index contributed by atoms with van der Waals surface area (Å²) in [6.45, 7) is 12.4. The van der Waals surface area contributed by atoms with Gasteiger partial charge in [0.15, 0.2) is 0 Å². The van der Waals surface area contributed by atoms with Crippen LogP contribution in [0, 0.1) is 12.8 Å². The molecule has 9 nitrogen and oxygen atoms in total. The first-order valence-electron chi connectivity index (χ1n) is 12.2. The van der Waals surface area contributed by atoms with Crippen LogP contribution in [0.4, 0.5) is 9.59 Å². The van der Waals surface area contributed by atoms with Crippen LogP contribution in [0.2, 0.25) is 0 Å². The Labute approximate surface area is 212 Å². The first-order chi connectivity index (χ1) is 16.6. The van der Waals surface area contributed by atoms with E-state index in [9.17, 15) is 19.5 Å². The minimum atomic E-state index is -1.07. The van der Waals surface area contributed by atoms with Crippen molar-refractivity contribution in [2.45, 2.75) is 84.3 Å². The number of carbonyl (C=O) groups excluding carboxylic acids is 2. The summed E-state index contributed by atoms with van der Waals surface area (Å²) in [5, 5.41) is 10.1. The van der Waals surface area contributed by atoms with Gasteiger partial charge in [-0.25, -0.2) is 19.5 Å². The molecule has 2 aromatic rings. The molecule has 2 atom stereocenters. The first-order valence-corrected chi connectivity index (χ1v) is 12.2. The predicted molar refractivity (Wildman–Crippen MR) is 134 cm³/mol. The number of carboxylic acid groups (broad SMARTS) is 1.